The summed E-state index contributed by atoms with van der Waals surface area (Å²) in [6.07, 6.45) is 0. The Bertz CT molecular complexity index is 201. The quantitative estimate of drug-likeness (QED) is 0.683. The first-order valence-electron chi connectivity index (χ1n) is 3.54. The first-order chi connectivity index (χ1) is 5.11. The molecule has 3 nitrogen and oxygen atoms in total. The largest absolute Gasteiger partial charge is 0.480 e. The zero-order valence-corrected chi connectivity index (χ0v) is 7.39. The molecule has 1 aliphatic heterocycles. The molecule has 1 aliphatic rings. The van der Waals surface area contributed by atoms with Gasteiger partial charge in [0.25, 0.3) is 0 Å². The molecular weight excluding hydrogens is 162 g/mol. The molecule has 0 saturated heterocycles. The van der Waals surface area contributed by atoms with Crippen LogP contribution in [0, 0.1) is 5.92 Å². The Morgan fingerprint density at radius 2 is 2.45 bits per heavy atom. The van der Waals surface area contributed by atoms with Crippen LogP contribution in [0.2, 0.25) is 0 Å². The van der Waals surface area contributed by atoms with E-state index in [0.29, 0.717) is 11.7 Å². The predicted octanol–water partition coefficient (Wildman–Crippen LogP) is 1.24. The third-order valence-electron chi connectivity index (χ3n) is 1.45. The van der Waals surface area contributed by atoms with E-state index in [1.54, 1.807) is 11.8 Å². The Morgan fingerprint density at radius 3 is 2.73 bits per heavy atom. The molecule has 0 unspecified atom stereocenters. The van der Waals surface area contributed by atoms with Gasteiger partial charge in [-0.1, -0.05) is 13.8 Å². The highest BCUT2D eigenvalue weighted by atomic mass is 32.2. The Labute approximate surface area is 69.9 Å². The van der Waals surface area contributed by atoms with Gasteiger partial charge in [-0.3, -0.25) is 4.99 Å². The van der Waals surface area contributed by atoms with Gasteiger partial charge in [0.2, 0.25) is 0 Å². The lowest BCUT2D eigenvalue weighted by molar-refractivity contribution is -0.137. The number of carbonyl (C=O) groups is 1. The van der Waals surface area contributed by atoms with Crippen LogP contribution in [-0.2, 0) is 4.79 Å². The van der Waals surface area contributed by atoms with Crippen LogP contribution in [0.4, 0.5) is 0 Å². The fraction of sp³-hybridized carbons (Fsp3) is 0.714. The number of carboxylic acid groups (broad SMARTS) is 1. The lowest BCUT2D eigenvalue weighted by Gasteiger charge is -1.99. The summed E-state index contributed by atoms with van der Waals surface area (Å²) in [5, 5.41) is 9.56. The number of hydrogen-bond acceptors (Lipinski definition) is 3. The normalized spacial score (nSPS) is 23.9. The van der Waals surface area contributed by atoms with E-state index in [2.05, 4.69) is 4.99 Å². The minimum Gasteiger partial charge on any atom is -0.480 e. The van der Waals surface area contributed by atoms with Crippen LogP contribution in [0.25, 0.3) is 0 Å². The van der Waals surface area contributed by atoms with E-state index in [9.17, 15) is 4.79 Å². The number of aliphatic imine (C=N–C) groups is 1. The molecule has 0 aromatic heterocycles. The molecule has 1 atom stereocenters. The van der Waals surface area contributed by atoms with Crippen LogP contribution in [0.15, 0.2) is 4.99 Å². The van der Waals surface area contributed by atoms with Crippen molar-refractivity contribution >= 4 is 22.8 Å². The summed E-state index contributed by atoms with van der Waals surface area (Å²) in [5.41, 5.74) is 0. The SMILES string of the molecule is CC(C)C1=N[C@H](C(=O)O)CS1. The van der Waals surface area contributed by atoms with Gasteiger partial charge >= 0.3 is 5.97 Å². The summed E-state index contributed by atoms with van der Waals surface area (Å²) >= 11 is 1.56. The van der Waals surface area contributed by atoms with Gasteiger partial charge in [-0.2, -0.15) is 0 Å². The maximum absolute atomic E-state index is 10.4. The molecule has 0 spiro atoms. The van der Waals surface area contributed by atoms with Gasteiger partial charge in [0, 0.05) is 11.7 Å². The Morgan fingerprint density at radius 1 is 1.82 bits per heavy atom. The summed E-state index contributed by atoms with van der Waals surface area (Å²) in [5.74, 6) is 0.153. The van der Waals surface area contributed by atoms with Crippen LogP contribution in [0.5, 0.6) is 0 Å². The molecule has 11 heavy (non-hydrogen) atoms. The van der Waals surface area contributed by atoms with E-state index in [4.69, 9.17) is 5.11 Å². The summed E-state index contributed by atoms with van der Waals surface area (Å²) < 4.78 is 0. The number of carboxylic acids is 1. The lowest BCUT2D eigenvalue weighted by atomic mass is 10.2. The number of rotatable bonds is 2. The fourth-order valence-electron chi connectivity index (χ4n) is 0.835. The lowest BCUT2D eigenvalue weighted by Crippen LogP contribution is -2.17. The third-order valence-corrected chi connectivity index (χ3v) is 2.81. The monoisotopic (exact) mass is 173 g/mol. The summed E-state index contributed by atoms with van der Waals surface area (Å²) in [6.45, 7) is 4.05. The van der Waals surface area contributed by atoms with Crippen molar-refractivity contribution in [1.82, 2.24) is 0 Å². The minimum atomic E-state index is -0.812. The van der Waals surface area contributed by atoms with E-state index in [1.165, 1.54) is 0 Å². The molecule has 1 heterocycles. The smallest absolute Gasteiger partial charge is 0.329 e. The topological polar surface area (TPSA) is 49.7 Å². The molecule has 0 radical (unpaired) electrons. The molecule has 0 saturated carbocycles. The van der Waals surface area contributed by atoms with Crippen molar-refractivity contribution in [2.45, 2.75) is 19.9 Å². The van der Waals surface area contributed by atoms with Crippen molar-refractivity contribution in [2.75, 3.05) is 5.75 Å². The van der Waals surface area contributed by atoms with Crippen molar-refractivity contribution in [3.05, 3.63) is 0 Å². The van der Waals surface area contributed by atoms with Crippen molar-refractivity contribution in [2.24, 2.45) is 10.9 Å². The summed E-state index contributed by atoms with van der Waals surface area (Å²) in [6, 6.07) is -0.502. The van der Waals surface area contributed by atoms with Gasteiger partial charge in [-0.25, -0.2) is 4.79 Å². The second kappa shape index (κ2) is 3.26. The molecule has 4 heteroatoms. The molecule has 0 aliphatic carbocycles. The number of nitrogens with zero attached hydrogens (tertiary/aromatic N) is 1. The molecule has 0 bridgehead atoms. The summed E-state index contributed by atoms with van der Waals surface area (Å²) in [4.78, 5) is 14.5. The Kier molecular flexibility index (Phi) is 2.54. The molecule has 1 N–H and O–H groups in total. The van der Waals surface area contributed by atoms with E-state index >= 15 is 0 Å². The minimum absolute atomic E-state index is 0.365. The molecular formula is C7H11NO2S. The maximum atomic E-state index is 10.4. The van der Waals surface area contributed by atoms with E-state index in [1.807, 2.05) is 13.8 Å². The zero-order valence-electron chi connectivity index (χ0n) is 6.57. The Balaban J connectivity index is 2.61. The van der Waals surface area contributed by atoms with E-state index in [0.717, 1.165) is 5.04 Å². The Hall–Kier alpha value is -0.510. The molecule has 0 amide bonds. The highest BCUT2D eigenvalue weighted by molar-refractivity contribution is 8.14. The van der Waals surface area contributed by atoms with Crippen LogP contribution in [-0.4, -0.2) is 27.9 Å². The summed E-state index contributed by atoms with van der Waals surface area (Å²) in [7, 11) is 0. The first-order valence-corrected chi connectivity index (χ1v) is 4.53. The molecule has 62 valence electrons. The van der Waals surface area contributed by atoms with E-state index < -0.39 is 12.0 Å². The zero-order chi connectivity index (χ0) is 8.43. The standard InChI is InChI=1S/C7H11NO2S/c1-4(2)6-8-5(3-11-6)7(9)10/h4-5H,3H2,1-2H3,(H,9,10)/t5-/m0/s1. The molecule has 1 rings (SSSR count). The highest BCUT2D eigenvalue weighted by Crippen LogP contribution is 2.22. The third kappa shape index (κ3) is 1.96. The van der Waals surface area contributed by atoms with Crippen molar-refractivity contribution < 1.29 is 9.90 Å². The second-order valence-electron chi connectivity index (χ2n) is 2.79. The van der Waals surface area contributed by atoms with Crippen molar-refractivity contribution in [1.29, 1.82) is 0 Å². The molecule has 0 aromatic carbocycles. The highest BCUT2D eigenvalue weighted by Gasteiger charge is 2.25. The number of aliphatic carboxylic acids is 1. The second-order valence-corrected chi connectivity index (χ2v) is 3.83. The molecule has 0 aromatic rings. The number of hydrogen-bond donors (Lipinski definition) is 1. The van der Waals surface area contributed by atoms with Gasteiger partial charge in [-0.15, -0.1) is 11.8 Å². The van der Waals surface area contributed by atoms with Crippen LogP contribution >= 0.6 is 11.8 Å². The van der Waals surface area contributed by atoms with Crippen LogP contribution < -0.4 is 0 Å². The van der Waals surface area contributed by atoms with Gasteiger partial charge in [0.05, 0.1) is 5.04 Å². The maximum Gasteiger partial charge on any atom is 0.329 e. The first kappa shape index (κ1) is 8.59. The van der Waals surface area contributed by atoms with E-state index in [-0.39, 0.29) is 0 Å². The van der Waals surface area contributed by atoms with Gasteiger partial charge < -0.3 is 5.11 Å². The average Bonchev–Trinajstić information content (AvgIpc) is 2.33. The fourth-order valence-corrected chi connectivity index (χ4v) is 1.92. The van der Waals surface area contributed by atoms with Crippen molar-refractivity contribution in [3.8, 4) is 0 Å². The van der Waals surface area contributed by atoms with Gasteiger partial charge in [-0.05, 0) is 0 Å². The van der Waals surface area contributed by atoms with Gasteiger partial charge in [0.1, 0.15) is 0 Å². The predicted molar refractivity (Wildman–Crippen MR) is 46.2 cm³/mol. The van der Waals surface area contributed by atoms with Crippen LogP contribution in [0.1, 0.15) is 13.8 Å². The number of thioether (sulfide) groups is 1. The van der Waals surface area contributed by atoms with Crippen molar-refractivity contribution in [3.63, 3.8) is 0 Å². The average molecular weight is 173 g/mol. The molecule has 0 fully saturated rings. The van der Waals surface area contributed by atoms with Gasteiger partial charge in [0.15, 0.2) is 6.04 Å². The van der Waals surface area contributed by atoms with Crippen LogP contribution in [0.3, 0.4) is 0 Å².